The van der Waals surface area contributed by atoms with Gasteiger partial charge in [0, 0.05) is 19.4 Å². The lowest BCUT2D eigenvalue weighted by Gasteiger charge is -2.34. The van der Waals surface area contributed by atoms with Crippen LogP contribution in [0.25, 0.3) is 0 Å². The number of nitrogens with zero attached hydrogens (tertiary/aromatic N) is 3. The number of ether oxygens (including phenoxy) is 2. The Hall–Kier alpha value is -2.22. The topological polar surface area (TPSA) is 73.7 Å². The van der Waals surface area contributed by atoms with Crippen molar-refractivity contribution in [3.8, 4) is 11.8 Å². The first kappa shape index (κ1) is 14.7. The van der Waals surface area contributed by atoms with Gasteiger partial charge in [-0.2, -0.15) is 0 Å². The third-order valence-electron chi connectivity index (χ3n) is 3.37. The Morgan fingerprint density at radius 3 is 2.86 bits per heavy atom. The van der Waals surface area contributed by atoms with Crippen LogP contribution in [0, 0.1) is 0 Å². The van der Waals surface area contributed by atoms with E-state index in [1.54, 1.807) is 41.2 Å². The van der Waals surface area contributed by atoms with Crippen LogP contribution in [-0.4, -0.2) is 43.5 Å². The maximum absolute atomic E-state index is 12.0. The number of hydrogen-bond acceptors (Lipinski definition) is 5. The summed E-state index contributed by atoms with van der Waals surface area (Å²) in [6.45, 7) is 0.422. The molecule has 1 atom stereocenters. The van der Waals surface area contributed by atoms with Gasteiger partial charge in [-0.3, -0.25) is 4.31 Å². The largest absolute Gasteiger partial charge is 0.483 e. The SMILES string of the molecule is Cn1ccnc1OC[C@H]1CN(S(C)(=O)=O)c2ccccc2O1. The molecule has 1 aliphatic rings. The van der Waals surface area contributed by atoms with Crippen molar-refractivity contribution in [3.63, 3.8) is 0 Å². The highest BCUT2D eigenvalue weighted by molar-refractivity contribution is 7.92. The molecule has 7 nitrogen and oxygen atoms in total. The second kappa shape index (κ2) is 5.53. The van der Waals surface area contributed by atoms with E-state index in [9.17, 15) is 8.42 Å². The number of aryl methyl sites for hydroxylation is 1. The van der Waals surface area contributed by atoms with Gasteiger partial charge < -0.3 is 14.0 Å². The second-order valence-corrected chi connectivity index (χ2v) is 7.04. The van der Waals surface area contributed by atoms with E-state index in [0.29, 0.717) is 17.4 Å². The molecule has 118 valence electrons. The standard InChI is InChI=1S/C14H17N3O4S/c1-16-8-7-15-14(16)20-10-11-9-17(22(2,18)19)12-5-3-4-6-13(12)21-11/h3-8,11H,9-10H2,1-2H3/t11-/m1/s1. The number of imidazole rings is 1. The van der Waals surface area contributed by atoms with E-state index in [0.717, 1.165) is 0 Å². The molecule has 0 aliphatic carbocycles. The summed E-state index contributed by atoms with van der Waals surface area (Å²) in [4.78, 5) is 4.07. The van der Waals surface area contributed by atoms with Crippen molar-refractivity contribution in [3.05, 3.63) is 36.7 Å². The molecular weight excluding hydrogens is 306 g/mol. The number of rotatable bonds is 4. The maximum Gasteiger partial charge on any atom is 0.296 e. The van der Waals surface area contributed by atoms with Crippen LogP contribution in [0.2, 0.25) is 0 Å². The molecule has 0 saturated carbocycles. The van der Waals surface area contributed by atoms with Crippen LogP contribution < -0.4 is 13.8 Å². The lowest BCUT2D eigenvalue weighted by Crippen LogP contribution is -2.45. The molecular formula is C14H17N3O4S. The molecule has 3 rings (SSSR count). The molecule has 1 aliphatic heterocycles. The first-order valence-electron chi connectivity index (χ1n) is 6.78. The van der Waals surface area contributed by atoms with Gasteiger partial charge in [-0.05, 0) is 12.1 Å². The summed E-state index contributed by atoms with van der Waals surface area (Å²) in [6.07, 6.45) is 4.19. The molecule has 1 aromatic carbocycles. The van der Waals surface area contributed by atoms with E-state index < -0.39 is 16.1 Å². The minimum absolute atomic E-state index is 0.209. The quantitative estimate of drug-likeness (QED) is 0.840. The average Bonchev–Trinajstić information content (AvgIpc) is 2.88. The van der Waals surface area contributed by atoms with Gasteiger partial charge in [0.1, 0.15) is 12.4 Å². The number of sulfonamides is 1. The Morgan fingerprint density at radius 2 is 2.18 bits per heavy atom. The lowest BCUT2D eigenvalue weighted by molar-refractivity contribution is 0.120. The Balaban J connectivity index is 1.80. The van der Waals surface area contributed by atoms with Crippen molar-refractivity contribution < 1.29 is 17.9 Å². The van der Waals surface area contributed by atoms with E-state index in [1.165, 1.54) is 10.6 Å². The number of benzene rings is 1. The van der Waals surface area contributed by atoms with Crippen molar-refractivity contribution in [2.75, 3.05) is 23.7 Å². The zero-order valence-corrected chi connectivity index (χ0v) is 13.2. The van der Waals surface area contributed by atoms with Crippen LogP contribution in [0.3, 0.4) is 0 Å². The minimum atomic E-state index is -3.38. The molecule has 22 heavy (non-hydrogen) atoms. The first-order chi connectivity index (χ1) is 10.4. The number of hydrogen-bond donors (Lipinski definition) is 0. The number of para-hydroxylation sites is 2. The number of anilines is 1. The van der Waals surface area contributed by atoms with Crippen molar-refractivity contribution in [1.29, 1.82) is 0 Å². The van der Waals surface area contributed by atoms with Crippen molar-refractivity contribution in [1.82, 2.24) is 9.55 Å². The molecule has 0 fully saturated rings. The van der Waals surface area contributed by atoms with E-state index in [2.05, 4.69) is 4.98 Å². The summed E-state index contributed by atoms with van der Waals surface area (Å²) in [5, 5.41) is 0. The Kier molecular flexibility index (Phi) is 3.69. The van der Waals surface area contributed by atoms with E-state index in [1.807, 2.05) is 7.05 Å². The van der Waals surface area contributed by atoms with E-state index in [4.69, 9.17) is 9.47 Å². The van der Waals surface area contributed by atoms with Crippen molar-refractivity contribution in [2.24, 2.45) is 7.05 Å². The van der Waals surface area contributed by atoms with Crippen LogP contribution in [0.5, 0.6) is 11.8 Å². The zero-order chi connectivity index (χ0) is 15.7. The smallest absolute Gasteiger partial charge is 0.296 e. The Morgan fingerprint density at radius 1 is 1.41 bits per heavy atom. The molecule has 0 radical (unpaired) electrons. The third kappa shape index (κ3) is 2.87. The number of fused-ring (bicyclic) bond motifs is 1. The molecule has 0 saturated heterocycles. The predicted molar refractivity (Wildman–Crippen MR) is 81.8 cm³/mol. The highest BCUT2D eigenvalue weighted by Gasteiger charge is 2.31. The molecule has 1 aromatic heterocycles. The monoisotopic (exact) mass is 323 g/mol. The number of aromatic nitrogens is 2. The predicted octanol–water partition coefficient (Wildman–Crippen LogP) is 1.03. The van der Waals surface area contributed by atoms with Crippen LogP contribution in [0.4, 0.5) is 5.69 Å². The lowest BCUT2D eigenvalue weighted by atomic mass is 10.2. The van der Waals surface area contributed by atoms with Crippen LogP contribution in [-0.2, 0) is 17.1 Å². The van der Waals surface area contributed by atoms with Crippen LogP contribution in [0.1, 0.15) is 0 Å². The normalized spacial score (nSPS) is 17.7. The van der Waals surface area contributed by atoms with Crippen LogP contribution >= 0.6 is 0 Å². The fourth-order valence-corrected chi connectivity index (χ4v) is 3.27. The summed E-state index contributed by atoms with van der Waals surface area (Å²) in [6, 6.07) is 7.53. The van der Waals surface area contributed by atoms with Gasteiger partial charge in [-0.15, -0.1) is 0 Å². The molecule has 2 heterocycles. The summed E-state index contributed by atoms with van der Waals surface area (Å²) in [5.41, 5.74) is 0.554. The molecule has 2 aromatic rings. The molecule has 0 N–H and O–H groups in total. The van der Waals surface area contributed by atoms with Crippen LogP contribution in [0.15, 0.2) is 36.7 Å². The average molecular weight is 323 g/mol. The fourth-order valence-electron chi connectivity index (χ4n) is 2.32. The molecule has 8 heteroatoms. The molecule has 0 amide bonds. The Labute approximate surface area is 129 Å². The summed E-state index contributed by atoms with van der Waals surface area (Å²) < 4.78 is 38.5. The molecule has 0 bridgehead atoms. The molecule has 0 spiro atoms. The maximum atomic E-state index is 12.0. The highest BCUT2D eigenvalue weighted by atomic mass is 32.2. The second-order valence-electron chi connectivity index (χ2n) is 5.13. The van der Waals surface area contributed by atoms with Crippen molar-refractivity contribution >= 4 is 15.7 Å². The van der Waals surface area contributed by atoms with E-state index in [-0.39, 0.29) is 13.2 Å². The summed E-state index contributed by atoms with van der Waals surface area (Å²) in [7, 11) is -1.55. The minimum Gasteiger partial charge on any atom is -0.483 e. The van der Waals surface area contributed by atoms with Gasteiger partial charge in [0.15, 0.2) is 6.10 Å². The zero-order valence-electron chi connectivity index (χ0n) is 12.3. The van der Waals surface area contributed by atoms with Crippen molar-refractivity contribution in [2.45, 2.75) is 6.10 Å². The van der Waals surface area contributed by atoms with Gasteiger partial charge in [0.25, 0.3) is 6.01 Å². The van der Waals surface area contributed by atoms with Gasteiger partial charge in [0.05, 0.1) is 18.5 Å². The fraction of sp³-hybridized carbons (Fsp3) is 0.357. The van der Waals surface area contributed by atoms with E-state index >= 15 is 0 Å². The summed E-state index contributed by atoms with van der Waals surface area (Å²) in [5.74, 6) is 0.535. The highest BCUT2D eigenvalue weighted by Crippen LogP contribution is 2.34. The summed E-state index contributed by atoms with van der Waals surface area (Å²) >= 11 is 0. The molecule has 0 unspecified atom stereocenters. The van der Waals surface area contributed by atoms with Gasteiger partial charge in [-0.25, -0.2) is 13.4 Å². The Bertz CT molecular complexity index is 772. The first-order valence-corrected chi connectivity index (χ1v) is 8.63. The van der Waals surface area contributed by atoms with Gasteiger partial charge in [0.2, 0.25) is 10.0 Å². The van der Waals surface area contributed by atoms with Gasteiger partial charge in [-0.1, -0.05) is 12.1 Å². The van der Waals surface area contributed by atoms with Gasteiger partial charge >= 0.3 is 0 Å². The third-order valence-corrected chi connectivity index (χ3v) is 4.52.